The van der Waals surface area contributed by atoms with Crippen molar-refractivity contribution in [1.82, 2.24) is 9.55 Å². The van der Waals surface area contributed by atoms with Crippen molar-refractivity contribution in [3.8, 4) is 0 Å². The quantitative estimate of drug-likeness (QED) is 0.0702. The standard InChI is InChI=1S/C41H72N2O6Si2/c1-28(22-20-18-19-21-23-34(44)31-24-25-33-32(26-31)42-30(3)43(33)12)37(49-51(16,17)40(7,8)9)29(2)38(46)41(10,11)35(27-36(45)47-13)48-50(14,15)39(4,5)6/h19,21,24-26,28-29,34-35,37,44H,18,20,22-23,27H2,1-17H3/t28-,29+,34-,35-,37-/m0/s1. The number of carbonyl (C=O) groups excluding carboxylic acids is 2. The van der Waals surface area contributed by atoms with Gasteiger partial charge in [-0.25, -0.2) is 4.98 Å². The van der Waals surface area contributed by atoms with Gasteiger partial charge in [0.25, 0.3) is 0 Å². The van der Waals surface area contributed by atoms with Crippen LogP contribution < -0.4 is 0 Å². The molecule has 0 saturated heterocycles. The number of benzene rings is 1. The number of allylic oxidation sites excluding steroid dienone is 1. The average molecular weight is 745 g/mol. The van der Waals surface area contributed by atoms with E-state index in [-0.39, 0.29) is 40.3 Å². The molecule has 1 N–H and O–H groups in total. The molecule has 0 saturated carbocycles. The zero-order chi connectivity index (χ0) is 39.3. The predicted molar refractivity (Wildman–Crippen MR) is 216 cm³/mol. The van der Waals surface area contributed by atoms with E-state index in [2.05, 4.69) is 96.4 Å². The number of methoxy groups -OCH3 is 1. The zero-order valence-electron chi connectivity index (χ0n) is 35.2. The number of Topliss-reactive ketones (excluding diaryl/α,β-unsaturated/α-hetero) is 1. The van der Waals surface area contributed by atoms with Crippen molar-refractivity contribution >= 4 is 39.4 Å². The highest BCUT2D eigenvalue weighted by atomic mass is 28.4. The van der Waals surface area contributed by atoms with E-state index in [9.17, 15) is 14.7 Å². The fourth-order valence-electron chi connectivity index (χ4n) is 6.08. The minimum Gasteiger partial charge on any atom is -0.469 e. The van der Waals surface area contributed by atoms with Crippen LogP contribution in [-0.4, -0.2) is 62.4 Å². The predicted octanol–water partition coefficient (Wildman–Crippen LogP) is 10.2. The summed E-state index contributed by atoms with van der Waals surface area (Å²) in [5.74, 6) is 0.349. The first-order valence-electron chi connectivity index (χ1n) is 18.9. The van der Waals surface area contributed by atoms with Crippen LogP contribution in [0, 0.1) is 24.2 Å². The summed E-state index contributed by atoms with van der Waals surface area (Å²) in [5, 5.41) is 10.8. The number of hydrogen-bond acceptors (Lipinski definition) is 7. The van der Waals surface area contributed by atoms with Crippen LogP contribution in [0.1, 0.15) is 119 Å². The number of aryl methyl sites for hydroxylation is 2. The van der Waals surface area contributed by atoms with Gasteiger partial charge in [-0.15, -0.1) is 0 Å². The Balaban J connectivity index is 2.22. The van der Waals surface area contributed by atoms with Gasteiger partial charge in [0.05, 0.1) is 42.9 Å². The van der Waals surface area contributed by atoms with E-state index < -0.39 is 40.2 Å². The van der Waals surface area contributed by atoms with E-state index in [4.69, 9.17) is 13.6 Å². The Morgan fingerprint density at radius 3 is 2.06 bits per heavy atom. The van der Waals surface area contributed by atoms with Crippen molar-refractivity contribution in [3.05, 3.63) is 41.7 Å². The van der Waals surface area contributed by atoms with Gasteiger partial charge in [0, 0.05) is 18.4 Å². The van der Waals surface area contributed by atoms with Crippen molar-refractivity contribution in [2.45, 2.75) is 163 Å². The van der Waals surface area contributed by atoms with Gasteiger partial charge in [-0.3, -0.25) is 9.59 Å². The van der Waals surface area contributed by atoms with Crippen LogP contribution >= 0.6 is 0 Å². The van der Waals surface area contributed by atoms with Crippen LogP contribution in [0.5, 0.6) is 0 Å². The Morgan fingerprint density at radius 1 is 0.941 bits per heavy atom. The first kappa shape index (κ1) is 45.0. The van der Waals surface area contributed by atoms with Crippen LogP contribution in [0.2, 0.25) is 36.3 Å². The van der Waals surface area contributed by atoms with Gasteiger partial charge < -0.3 is 23.3 Å². The number of esters is 1. The highest BCUT2D eigenvalue weighted by molar-refractivity contribution is 6.74. The lowest BCUT2D eigenvalue weighted by molar-refractivity contribution is -0.148. The number of ketones is 1. The molecule has 5 atom stereocenters. The van der Waals surface area contributed by atoms with Crippen molar-refractivity contribution in [3.63, 3.8) is 0 Å². The van der Waals surface area contributed by atoms with Gasteiger partial charge in [-0.1, -0.05) is 87.5 Å². The van der Waals surface area contributed by atoms with Crippen molar-refractivity contribution < 1.29 is 28.3 Å². The molecule has 0 unspecified atom stereocenters. The maximum atomic E-state index is 14.7. The minimum absolute atomic E-state index is 0.0222. The number of rotatable bonds is 18. The van der Waals surface area contributed by atoms with E-state index in [0.717, 1.165) is 41.7 Å². The molecule has 2 aromatic rings. The third-order valence-electron chi connectivity index (χ3n) is 12.0. The number of unbranched alkanes of at least 4 members (excludes halogenated alkanes) is 1. The molecule has 0 bridgehead atoms. The minimum atomic E-state index is -2.33. The molecule has 0 aliphatic heterocycles. The molecule has 0 aliphatic rings. The zero-order valence-corrected chi connectivity index (χ0v) is 37.2. The summed E-state index contributed by atoms with van der Waals surface area (Å²) in [5.41, 5.74) is 1.89. The highest BCUT2D eigenvalue weighted by Gasteiger charge is 2.50. The van der Waals surface area contributed by atoms with Crippen LogP contribution in [-0.2, 0) is 30.2 Å². The number of aliphatic hydroxyl groups excluding tert-OH is 1. The monoisotopic (exact) mass is 744 g/mol. The van der Waals surface area contributed by atoms with Crippen molar-refractivity contribution in [2.24, 2.45) is 24.3 Å². The molecular formula is C41H72N2O6Si2. The summed E-state index contributed by atoms with van der Waals surface area (Å²) in [6, 6.07) is 5.98. The number of aromatic nitrogens is 2. The SMILES string of the molecule is COC(=O)C[C@H](O[Si](C)(C)C(C)(C)C)C(C)(C)C(=O)[C@H](C)[C@@H](O[Si](C)(C)C(C)(C)C)[C@@H](C)CCCC=CC[C@H](O)c1ccc2c(c1)nc(C)n2C. The summed E-state index contributed by atoms with van der Waals surface area (Å²) in [6.07, 6.45) is 6.00. The van der Waals surface area contributed by atoms with Crippen molar-refractivity contribution in [1.29, 1.82) is 0 Å². The molecule has 10 heteroatoms. The van der Waals surface area contributed by atoms with Crippen LogP contribution in [0.3, 0.4) is 0 Å². The number of ether oxygens (including phenoxy) is 1. The molecule has 1 heterocycles. The molecule has 0 fully saturated rings. The molecule has 0 amide bonds. The number of nitrogens with zero attached hydrogens (tertiary/aromatic N) is 2. The maximum Gasteiger partial charge on any atom is 0.308 e. The third kappa shape index (κ3) is 11.4. The molecule has 2 rings (SSSR count). The molecule has 290 valence electrons. The fraction of sp³-hybridized carbons (Fsp3) is 0.732. The lowest BCUT2D eigenvalue weighted by atomic mass is 9.73. The largest absolute Gasteiger partial charge is 0.469 e. The maximum absolute atomic E-state index is 14.7. The van der Waals surface area contributed by atoms with Gasteiger partial charge in [0.2, 0.25) is 0 Å². The van der Waals surface area contributed by atoms with Crippen LogP contribution in [0.15, 0.2) is 30.4 Å². The molecule has 1 aromatic heterocycles. The molecule has 0 radical (unpaired) electrons. The Labute approximate surface area is 312 Å². The Hall–Kier alpha value is -2.12. The summed E-state index contributed by atoms with van der Waals surface area (Å²) in [6.45, 7) is 32.0. The lowest BCUT2D eigenvalue weighted by Gasteiger charge is -2.46. The summed E-state index contributed by atoms with van der Waals surface area (Å²) >= 11 is 0. The first-order valence-corrected chi connectivity index (χ1v) is 24.7. The van der Waals surface area contributed by atoms with Crippen LogP contribution in [0.4, 0.5) is 0 Å². The molecule has 0 aliphatic carbocycles. The van der Waals surface area contributed by atoms with E-state index in [0.29, 0.717) is 6.42 Å². The van der Waals surface area contributed by atoms with E-state index >= 15 is 0 Å². The molecular weight excluding hydrogens is 673 g/mol. The van der Waals surface area contributed by atoms with E-state index in [1.807, 2.05) is 52.9 Å². The highest BCUT2D eigenvalue weighted by Crippen LogP contribution is 2.44. The van der Waals surface area contributed by atoms with Gasteiger partial charge in [0.1, 0.15) is 11.6 Å². The number of fused-ring (bicyclic) bond motifs is 1. The second kappa shape index (κ2) is 17.4. The fourth-order valence-corrected chi connectivity index (χ4v) is 8.99. The van der Waals surface area contributed by atoms with E-state index in [1.54, 1.807) is 0 Å². The van der Waals surface area contributed by atoms with Crippen molar-refractivity contribution in [2.75, 3.05) is 7.11 Å². The second-order valence-electron chi connectivity index (χ2n) is 18.5. The van der Waals surface area contributed by atoms with Gasteiger partial charge in [-0.2, -0.15) is 0 Å². The topological polar surface area (TPSA) is 99.9 Å². The van der Waals surface area contributed by atoms with Gasteiger partial charge in [-0.05, 0) is 92.5 Å². The molecule has 51 heavy (non-hydrogen) atoms. The average Bonchev–Trinajstić information content (AvgIpc) is 3.30. The Kier molecular flexibility index (Phi) is 15.3. The number of carbonyl (C=O) groups is 2. The summed E-state index contributed by atoms with van der Waals surface area (Å²) < 4.78 is 21.1. The first-order chi connectivity index (χ1) is 23.2. The molecule has 1 aromatic carbocycles. The number of hydrogen-bond donors (Lipinski definition) is 1. The number of imidazole rings is 1. The van der Waals surface area contributed by atoms with E-state index in [1.165, 1.54) is 7.11 Å². The molecule has 8 nitrogen and oxygen atoms in total. The van der Waals surface area contributed by atoms with Gasteiger partial charge >= 0.3 is 5.97 Å². The van der Waals surface area contributed by atoms with Gasteiger partial charge in [0.15, 0.2) is 16.6 Å². The number of aliphatic hydroxyl groups is 1. The van der Waals surface area contributed by atoms with Crippen LogP contribution in [0.25, 0.3) is 11.0 Å². The lowest BCUT2D eigenvalue weighted by Crippen LogP contribution is -2.54. The Bertz CT molecular complexity index is 1500. The smallest absolute Gasteiger partial charge is 0.308 e. The second-order valence-corrected chi connectivity index (χ2v) is 28.0. The summed E-state index contributed by atoms with van der Waals surface area (Å²) in [4.78, 5) is 31.9. The summed E-state index contributed by atoms with van der Waals surface area (Å²) in [7, 11) is -1.19. The Morgan fingerprint density at radius 2 is 1.51 bits per heavy atom. The third-order valence-corrected chi connectivity index (χ3v) is 21.0. The normalized spacial score (nSPS) is 16.7. The molecule has 0 spiro atoms.